The lowest BCUT2D eigenvalue weighted by Gasteiger charge is -2.04. The van der Waals surface area contributed by atoms with Gasteiger partial charge in [0.05, 0.1) is 18.4 Å². The lowest BCUT2D eigenvalue weighted by atomic mass is 10.2. The zero-order valence-corrected chi connectivity index (χ0v) is 11.7. The first-order valence-electron chi connectivity index (χ1n) is 5.79. The molecule has 7 heteroatoms. The summed E-state index contributed by atoms with van der Waals surface area (Å²) in [6.07, 6.45) is 0.0429. The Balaban J connectivity index is 2.64. The third-order valence-corrected chi connectivity index (χ3v) is 3.99. The minimum absolute atomic E-state index is 0.0429. The number of hydrogen-bond acceptors (Lipinski definition) is 5. The predicted octanol–water partition coefficient (Wildman–Crippen LogP) is 0.404. The Morgan fingerprint density at radius 1 is 1.32 bits per heavy atom. The third kappa shape index (κ3) is 2.21. The molecule has 0 aliphatic heterocycles. The molecule has 0 spiro atoms. The molecule has 0 amide bonds. The molecule has 0 unspecified atom stereocenters. The van der Waals surface area contributed by atoms with Crippen molar-refractivity contribution in [3.63, 3.8) is 0 Å². The summed E-state index contributed by atoms with van der Waals surface area (Å²) in [5.74, 6) is -0.377. The van der Waals surface area contributed by atoms with Gasteiger partial charge in [-0.15, -0.1) is 11.3 Å². The van der Waals surface area contributed by atoms with Crippen molar-refractivity contribution in [1.29, 1.82) is 0 Å². The average Bonchev–Trinajstić information content (AvgIpc) is 2.78. The van der Waals surface area contributed by atoms with Gasteiger partial charge in [0.2, 0.25) is 0 Å². The van der Waals surface area contributed by atoms with Gasteiger partial charge >= 0.3 is 11.7 Å². The standard InChI is InChI=1S/C12H14N2O4S/c1-4-18-8(15)5-7-6-19-11-9(7)10(16)13(2)12(17)14(11)3/h6H,4-5H2,1-3H3. The van der Waals surface area contributed by atoms with Gasteiger partial charge in [-0.3, -0.25) is 18.7 Å². The van der Waals surface area contributed by atoms with E-state index in [1.165, 1.54) is 23.0 Å². The SMILES string of the molecule is CCOC(=O)Cc1csc2c1c(=O)n(C)c(=O)n2C. The Hall–Kier alpha value is -1.89. The van der Waals surface area contributed by atoms with E-state index in [9.17, 15) is 14.4 Å². The van der Waals surface area contributed by atoms with E-state index in [-0.39, 0.29) is 23.6 Å². The Morgan fingerprint density at radius 3 is 2.63 bits per heavy atom. The van der Waals surface area contributed by atoms with Gasteiger partial charge in [-0.25, -0.2) is 4.79 Å². The zero-order chi connectivity index (χ0) is 14.2. The third-order valence-electron chi connectivity index (χ3n) is 2.88. The molecule has 2 aromatic heterocycles. The summed E-state index contributed by atoms with van der Waals surface area (Å²) in [5, 5.41) is 2.14. The topological polar surface area (TPSA) is 70.3 Å². The molecular formula is C12H14N2O4S. The van der Waals surface area contributed by atoms with Crippen LogP contribution in [-0.2, 0) is 30.0 Å². The summed E-state index contributed by atoms with van der Waals surface area (Å²) < 4.78 is 7.33. The highest BCUT2D eigenvalue weighted by molar-refractivity contribution is 7.17. The van der Waals surface area contributed by atoms with Crippen LogP contribution in [0.15, 0.2) is 15.0 Å². The summed E-state index contributed by atoms with van der Waals surface area (Å²) in [6.45, 7) is 2.03. The maximum atomic E-state index is 12.1. The minimum atomic E-state index is -0.377. The lowest BCUT2D eigenvalue weighted by molar-refractivity contribution is -0.142. The first-order valence-corrected chi connectivity index (χ1v) is 6.67. The average molecular weight is 282 g/mol. The largest absolute Gasteiger partial charge is 0.466 e. The number of aromatic nitrogens is 2. The number of carbonyl (C=O) groups excluding carboxylic acids is 1. The molecule has 0 aliphatic rings. The van der Waals surface area contributed by atoms with Crippen molar-refractivity contribution < 1.29 is 9.53 Å². The molecule has 2 rings (SSSR count). The fourth-order valence-corrected chi connectivity index (χ4v) is 2.95. The molecule has 19 heavy (non-hydrogen) atoms. The van der Waals surface area contributed by atoms with E-state index in [1.807, 2.05) is 0 Å². The number of esters is 1. The molecule has 2 heterocycles. The van der Waals surface area contributed by atoms with Crippen LogP contribution in [0.1, 0.15) is 12.5 Å². The van der Waals surface area contributed by atoms with Crippen LogP contribution in [-0.4, -0.2) is 21.7 Å². The van der Waals surface area contributed by atoms with Crippen LogP contribution in [0, 0.1) is 0 Å². The summed E-state index contributed by atoms with van der Waals surface area (Å²) in [6, 6.07) is 0. The highest BCUT2D eigenvalue weighted by atomic mass is 32.1. The predicted molar refractivity (Wildman–Crippen MR) is 72.6 cm³/mol. The molecule has 0 fully saturated rings. The molecule has 0 aromatic carbocycles. The van der Waals surface area contributed by atoms with Crippen molar-refractivity contribution in [2.75, 3.05) is 6.61 Å². The van der Waals surface area contributed by atoms with Gasteiger partial charge in [-0.1, -0.05) is 0 Å². The number of nitrogens with zero attached hydrogens (tertiary/aromatic N) is 2. The first kappa shape index (κ1) is 13.5. The monoisotopic (exact) mass is 282 g/mol. The van der Waals surface area contributed by atoms with Gasteiger partial charge in [-0.05, 0) is 17.9 Å². The van der Waals surface area contributed by atoms with Crippen LogP contribution in [0.25, 0.3) is 10.2 Å². The number of ether oxygens (including phenoxy) is 1. The number of fused-ring (bicyclic) bond motifs is 1. The first-order chi connectivity index (χ1) is 8.97. The summed E-state index contributed by atoms with van der Waals surface area (Å²) in [7, 11) is 3.03. The van der Waals surface area contributed by atoms with E-state index in [0.29, 0.717) is 22.4 Å². The normalized spacial score (nSPS) is 10.9. The molecule has 0 aliphatic carbocycles. The number of rotatable bonds is 3. The molecule has 0 atom stereocenters. The maximum absolute atomic E-state index is 12.1. The quantitative estimate of drug-likeness (QED) is 0.764. The Bertz CT molecular complexity index is 753. The van der Waals surface area contributed by atoms with Gasteiger partial charge < -0.3 is 4.74 Å². The molecule has 0 N–H and O–H groups in total. The van der Waals surface area contributed by atoms with Crippen LogP contribution < -0.4 is 11.2 Å². The van der Waals surface area contributed by atoms with Crippen LogP contribution in [0.5, 0.6) is 0 Å². The van der Waals surface area contributed by atoms with E-state index < -0.39 is 0 Å². The highest BCUT2D eigenvalue weighted by Gasteiger charge is 2.16. The molecule has 0 radical (unpaired) electrons. The molecule has 0 saturated carbocycles. The molecule has 2 aromatic rings. The van der Waals surface area contributed by atoms with Crippen LogP contribution in [0.4, 0.5) is 0 Å². The summed E-state index contributed by atoms with van der Waals surface area (Å²) in [5.41, 5.74) is -0.143. The van der Waals surface area contributed by atoms with Gasteiger partial charge in [0, 0.05) is 14.1 Å². The van der Waals surface area contributed by atoms with Crippen molar-refractivity contribution in [3.8, 4) is 0 Å². The smallest absolute Gasteiger partial charge is 0.331 e. The van der Waals surface area contributed by atoms with Crippen molar-refractivity contribution in [1.82, 2.24) is 9.13 Å². The lowest BCUT2D eigenvalue weighted by Crippen LogP contribution is -2.36. The second-order valence-electron chi connectivity index (χ2n) is 4.13. The minimum Gasteiger partial charge on any atom is -0.466 e. The van der Waals surface area contributed by atoms with E-state index in [1.54, 1.807) is 19.4 Å². The van der Waals surface area contributed by atoms with Crippen LogP contribution >= 0.6 is 11.3 Å². The Labute approximate surface area is 112 Å². The number of hydrogen-bond donors (Lipinski definition) is 0. The summed E-state index contributed by atoms with van der Waals surface area (Å²) in [4.78, 5) is 36.0. The zero-order valence-electron chi connectivity index (χ0n) is 10.9. The number of carbonyl (C=O) groups is 1. The fraction of sp³-hybridized carbons (Fsp3) is 0.417. The van der Waals surface area contributed by atoms with Crippen molar-refractivity contribution >= 4 is 27.5 Å². The van der Waals surface area contributed by atoms with Crippen LogP contribution in [0.2, 0.25) is 0 Å². The Morgan fingerprint density at radius 2 is 2.00 bits per heavy atom. The van der Waals surface area contributed by atoms with Gasteiger partial charge in [0.15, 0.2) is 0 Å². The van der Waals surface area contributed by atoms with Crippen molar-refractivity contribution in [2.24, 2.45) is 14.1 Å². The second kappa shape index (κ2) is 5.00. The molecule has 0 saturated heterocycles. The van der Waals surface area contributed by atoms with E-state index >= 15 is 0 Å². The second-order valence-corrected chi connectivity index (χ2v) is 4.99. The van der Waals surface area contributed by atoms with Gasteiger partial charge in [0.1, 0.15) is 4.83 Å². The summed E-state index contributed by atoms with van der Waals surface area (Å²) >= 11 is 1.28. The number of aryl methyl sites for hydroxylation is 1. The van der Waals surface area contributed by atoms with E-state index in [2.05, 4.69) is 0 Å². The van der Waals surface area contributed by atoms with E-state index in [4.69, 9.17) is 4.74 Å². The van der Waals surface area contributed by atoms with Crippen molar-refractivity contribution in [3.05, 3.63) is 31.8 Å². The fourth-order valence-electron chi connectivity index (χ4n) is 1.92. The number of thiophene rings is 1. The van der Waals surface area contributed by atoms with Gasteiger partial charge in [-0.2, -0.15) is 0 Å². The van der Waals surface area contributed by atoms with Crippen molar-refractivity contribution in [2.45, 2.75) is 13.3 Å². The van der Waals surface area contributed by atoms with Gasteiger partial charge in [0.25, 0.3) is 5.56 Å². The Kier molecular flexibility index (Phi) is 3.57. The molecular weight excluding hydrogens is 268 g/mol. The maximum Gasteiger partial charge on any atom is 0.331 e. The highest BCUT2D eigenvalue weighted by Crippen LogP contribution is 2.22. The van der Waals surface area contributed by atoms with E-state index in [0.717, 1.165) is 4.57 Å². The molecule has 0 bridgehead atoms. The molecule has 102 valence electrons. The van der Waals surface area contributed by atoms with Crippen LogP contribution in [0.3, 0.4) is 0 Å². The molecule has 6 nitrogen and oxygen atoms in total.